The summed E-state index contributed by atoms with van der Waals surface area (Å²) in [6, 6.07) is 3.85. The molecule has 3 rings (SSSR count). The normalized spacial score (nSPS) is 18.3. The van der Waals surface area contributed by atoms with Gasteiger partial charge < -0.3 is 25.8 Å². The summed E-state index contributed by atoms with van der Waals surface area (Å²) >= 11 is 0. The Bertz CT molecular complexity index is 1120. The summed E-state index contributed by atoms with van der Waals surface area (Å²) in [4.78, 5) is 32.7. The first-order valence-corrected chi connectivity index (χ1v) is 11.6. The number of benzene rings is 1. The molecule has 0 bridgehead atoms. The maximum absolute atomic E-state index is 13.1. The lowest BCUT2D eigenvalue weighted by Crippen LogP contribution is -2.50. The van der Waals surface area contributed by atoms with Crippen LogP contribution in [0.4, 0.5) is 35.4 Å². The van der Waals surface area contributed by atoms with Crippen molar-refractivity contribution in [2.75, 3.05) is 10.6 Å². The number of hydrogen-bond donors (Lipinski definition) is 4. The molecular formula is C24H30F3N5O4. The van der Waals surface area contributed by atoms with Crippen LogP contribution in [0.25, 0.3) is 0 Å². The summed E-state index contributed by atoms with van der Waals surface area (Å²) in [6.45, 7) is 6.78. The van der Waals surface area contributed by atoms with Gasteiger partial charge in [-0.15, -0.1) is 0 Å². The van der Waals surface area contributed by atoms with E-state index in [4.69, 9.17) is 4.74 Å². The molecule has 36 heavy (non-hydrogen) atoms. The number of carbonyl (C=O) groups excluding carboxylic acids is 1. The van der Waals surface area contributed by atoms with Gasteiger partial charge in [0, 0.05) is 11.7 Å². The molecule has 1 aliphatic rings. The molecule has 1 aliphatic carbocycles. The Kier molecular flexibility index (Phi) is 7.95. The second-order valence-corrected chi connectivity index (χ2v) is 9.65. The molecule has 2 aromatic rings. The molecule has 12 heteroatoms. The van der Waals surface area contributed by atoms with Crippen LogP contribution in [-0.4, -0.2) is 44.8 Å². The third-order valence-electron chi connectivity index (χ3n) is 5.54. The van der Waals surface area contributed by atoms with Crippen LogP contribution < -0.4 is 16.0 Å². The number of carboxylic acid groups (broad SMARTS) is 1. The standard InChI is InChI=1S/C24H30F3N5O4/c1-13-18(20(33)34)19(29-15-9-7-8-14(12-15)24(25,26)27)32-21(28-13)30-16-10-5-6-11-17(16)31-22(35)36-23(2,3)4/h7-9,12,16-17H,5-6,10-11H2,1-4H3,(H,31,35)(H,33,34)(H2,28,29,30,32)/t16-,17+/m1/s1. The smallest absolute Gasteiger partial charge is 0.416 e. The quantitative estimate of drug-likeness (QED) is 0.403. The van der Waals surface area contributed by atoms with Crippen LogP contribution >= 0.6 is 0 Å². The Morgan fingerprint density at radius 1 is 1.08 bits per heavy atom. The van der Waals surface area contributed by atoms with Crippen molar-refractivity contribution >= 4 is 29.5 Å². The first-order chi connectivity index (χ1) is 16.7. The van der Waals surface area contributed by atoms with Gasteiger partial charge in [-0.3, -0.25) is 0 Å². The molecule has 1 saturated carbocycles. The largest absolute Gasteiger partial charge is 0.477 e. The molecule has 0 spiro atoms. The molecule has 1 aromatic carbocycles. The maximum atomic E-state index is 13.1. The fourth-order valence-electron chi connectivity index (χ4n) is 4.00. The van der Waals surface area contributed by atoms with Crippen LogP contribution in [-0.2, 0) is 10.9 Å². The number of carbonyl (C=O) groups is 2. The van der Waals surface area contributed by atoms with Crippen molar-refractivity contribution in [3.8, 4) is 0 Å². The molecule has 1 fully saturated rings. The lowest BCUT2D eigenvalue weighted by Gasteiger charge is -2.33. The Morgan fingerprint density at radius 3 is 2.36 bits per heavy atom. The number of halogens is 3. The third kappa shape index (κ3) is 7.22. The number of nitrogens with one attached hydrogen (secondary N) is 3. The van der Waals surface area contributed by atoms with Gasteiger partial charge in [-0.05, 0) is 58.7 Å². The van der Waals surface area contributed by atoms with E-state index in [1.807, 2.05) is 0 Å². The highest BCUT2D eigenvalue weighted by molar-refractivity contribution is 5.95. The molecule has 9 nitrogen and oxygen atoms in total. The van der Waals surface area contributed by atoms with Crippen LogP contribution in [0, 0.1) is 6.92 Å². The molecule has 1 heterocycles. The summed E-state index contributed by atoms with van der Waals surface area (Å²) in [7, 11) is 0. The Hall–Kier alpha value is -3.57. The first-order valence-electron chi connectivity index (χ1n) is 11.6. The van der Waals surface area contributed by atoms with Gasteiger partial charge in [0.15, 0.2) is 5.82 Å². The highest BCUT2D eigenvalue weighted by Gasteiger charge is 2.31. The number of carboxylic acids is 1. The van der Waals surface area contributed by atoms with Crippen molar-refractivity contribution in [1.29, 1.82) is 0 Å². The van der Waals surface area contributed by atoms with E-state index in [0.29, 0.717) is 12.8 Å². The van der Waals surface area contributed by atoms with E-state index in [1.165, 1.54) is 19.1 Å². The van der Waals surface area contributed by atoms with Gasteiger partial charge >= 0.3 is 18.2 Å². The van der Waals surface area contributed by atoms with E-state index in [2.05, 4.69) is 25.9 Å². The van der Waals surface area contributed by atoms with Crippen molar-refractivity contribution < 1.29 is 32.6 Å². The average Bonchev–Trinajstić information content (AvgIpc) is 2.73. The summed E-state index contributed by atoms with van der Waals surface area (Å²) in [5.74, 6) is -1.38. The number of hydrogen-bond acceptors (Lipinski definition) is 7. The van der Waals surface area contributed by atoms with E-state index in [0.717, 1.165) is 25.0 Å². The number of rotatable bonds is 6. The van der Waals surface area contributed by atoms with E-state index in [-0.39, 0.29) is 40.8 Å². The Morgan fingerprint density at radius 2 is 1.75 bits per heavy atom. The summed E-state index contributed by atoms with van der Waals surface area (Å²) < 4.78 is 44.7. The second-order valence-electron chi connectivity index (χ2n) is 9.65. The van der Waals surface area contributed by atoms with Gasteiger partial charge in [-0.2, -0.15) is 18.2 Å². The zero-order chi connectivity index (χ0) is 26.7. The number of aromatic nitrogens is 2. The van der Waals surface area contributed by atoms with Crippen molar-refractivity contribution in [2.45, 2.75) is 77.2 Å². The predicted octanol–water partition coefficient (Wildman–Crippen LogP) is 5.49. The lowest BCUT2D eigenvalue weighted by atomic mass is 9.90. The number of alkyl carbamates (subject to hydrolysis) is 1. The average molecular weight is 510 g/mol. The van der Waals surface area contributed by atoms with E-state index in [1.54, 1.807) is 20.8 Å². The van der Waals surface area contributed by atoms with Gasteiger partial charge in [-0.1, -0.05) is 18.9 Å². The number of amides is 1. The number of ether oxygens (including phenoxy) is 1. The van der Waals surface area contributed by atoms with Gasteiger partial charge in [0.1, 0.15) is 11.2 Å². The van der Waals surface area contributed by atoms with Gasteiger partial charge in [-0.25, -0.2) is 14.6 Å². The third-order valence-corrected chi connectivity index (χ3v) is 5.54. The van der Waals surface area contributed by atoms with Gasteiger partial charge in [0.2, 0.25) is 5.95 Å². The van der Waals surface area contributed by atoms with Crippen LogP contribution in [0.2, 0.25) is 0 Å². The van der Waals surface area contributed by atoms with E-state index >= 15 is 0 Å². The van der Waals surface area contributed by atoms with E-state index in [9.17, 15) is 27.9 Å². The van der Waals surface area contributed by atoms with Crippen LogP contribution in [0.15, 0.2) is 24.3 Å². The molecule has 1 aromatic heterocycles. The maximum Gasteiger partial charge on any atom is 0.416 e. The molecule has 2 atom stereocenters. The lowest BCUT2D eigenvalue weighted by molar-refractivity contribution is -0.137. The first kappa shape index (κ1) is 27.0. The van der Waals surface area contributed by atoms with Gasteiger partial charge in [0.05, 0.1) is 17.3 Å². The minimum Gasteiger partial charge on any atom is -0.477 e. The van der Waals surface area contributed by atoms with Crippen molar-refractivity contribution in [3.63, 3.8) is 0 Å². The topological polar surface area (TPSA) is 125 Å². The van der Waals surface area contributed by atoms with Crippen molar-refractivity contribution in [1.82, 2.24) is 15.3 Å². The predicted molar refractivity (Wildman–Crippen MR) is 127 cm³/mol. The van der Waals surface area contributed by atoms with Crippen LogP contribution in [0.1, 0.15) is 68.1 Å². The Balaban J connectivity index is 1.86. The number of aromatic carboxylic acids is 1. The monoisotopic (exact) mass is 509 g/mol. The molecule has 0 unspecified atom stereocenters. The van der Waals surface area contributed by atoms with E-state index < -0.39 is 29.4 Å². The fourth-order valence-corrected chi connectivity index (χ4v) is 4.00. The minimum absolute atomic E-state index is 0.0264. The summed E-state index contributed by atoms with van der Waals surface area (Å²) in [5, 5.41) is 18.4. The minimum atomic E-state index is -4.56. The molecule has 1 amide bonds. The molecule has 0 radical (unpaired) electrons. The number of alkyl halides is 3. The molecule has 0 aliphatic heterocycles. The summed E-state index contributed by atoms with van der Waals surface area (Å²) in [6.07, 6.45) is -1.92. The fraction of sp³-hybridized carbons (Fsp3) is 0.500. The molecular weight excluding hydrogens is 479 g/mol. The molecule has 196 valence electrons. The molecule has 4 N–H and O–H groups in total. The number of nitrogens with zero attached hydrogens (tertiary/aromatic N) is 2. The van der Waals surface area contributed by atoms with Crippen molar-refractivity contribution in [2.24, 2.45) is 0 Å². The van der Waals surface area contributed by atoms with Crippen molar-refractivity contribution in [3.05, 3.63) is 41.1 Å². The molecule has 0 saturated heterocycles. The summed E-state index contributed by atoms with van der Waals surface area (Å²) in [5.41, 5.74) is -1.64. The number of anilines is 3. The highest BCUT2D eigenvalue weighted by Crippen LogP contribution is 2.32. The zero-order valence-corrected chi connectivity index (χ0v) is 20.5. The zero-order valence-electron chi connectivity index (χ0n) is 20.5. The van der Waals surface area contributed by atoms with Gasteiger partial charge in [0.25, 0.3) is 0 Å². The van der Waals surface area contributed by atoms with Crippen LogP contribution in [0.5, 0.6) is 0 Å². The van der Waals surface area contributed by atoms with Crippen LogP contribution in [0.3, 0.4) is 0 Å². The second kappa shape index (κ2) is 10.6. The Labute approximate surface area is 206 Å². The number of aryl methyl sites for hydroxylation is 1. The SMILES string of the molecule is Cc1nc(N[C@@H]2CCCC[C@@H]2NC(=O)OC(C)(C)C)nc(Nc2cccc(C(F)(F)F)c2)c1C(=O)O. The highest BCUT2D eigenvalue weighted by atomic mass is 19.4.